The van der Waals surface area contributed by atoms with Gasteiger partial charge in [-0.05, 0) is 53.8 Å². The number of ether oxygens (including phenoxy) is 2. The van der Waals surface area contributed by atoms with Gasteiger partial charge < -0.3 is 14.4 Å². The Kier molecular flexibility index (Phi) is 5.33. The van der Waals surface area contributed by atoms with Crippen LogP contribution in [0, 0.1) is 0 Å². The van der Waals surface area contributed by atoms with Crippen molar-refractivity contribution in [1.29, 1.82) is 0 Å². The maximum absolute atomic E-state index is 13.0. The van der Waals surface area contributed by atoms with Gasteiger partial charge in [-0.2, -0.15) is 0 Å². The molecule has 2 aromatic rings. The zero-order chi connectivity index (χ0) is 20.6. The molecule has 2 heterocycles. The first-order valence-electron chi connectivity index (χ1n) is 9.55. The molecule has 0 aliphatic carbocycles. The molecule has 1 N–H and O–H groups in total. The number of amides is 1. The van der Waals surface area contributed by atoms with Gasteiger partial charge in [0.1, 0.15) is 5.75 Å². The zero-order valence-corrected chi connectivity index (χ0v) is 17.3. The molecule has 0 spiro atoms. The predicted octanol–water partition coefficient (Wildman–Crippen LogP) is 2.20. The second kappa shape index (κ2) is 7.78. The Bertz CT molecular complexity index is 1050. The number of rotatable bonds is 7. The van der Waals surface area contributed by atoms with Gasteiger partial charge in [0.2, 0.25) is 15.9 Å². The van der Waals surface area contributed by atoms with Gasteiger partial charge in [0.15, 0.2) is 0 Å². The van der Waals surface area contributed by atoms with Crippen LogP contribution >= 0.6 is 0 Å². The molecule has 7 nitrogen and oxygen atoms in total. The van der Waals surface area contributed by atoms with Gasteiger partial charge in [-0.3, -0.25) is 4.79 Å². The van der Waals surface area contributed by atoms with Crippen molar-refractivity contribution in [1.82, 2.24) is 4.72 Å². The summed E-state index contributed by atoms with van der Waals surface area (Å²) in [6.45, 7) is 0.725. The minimum atomic E-state index is -3.71. The molecule has 0 saturated heterocycles. The molecule has 4 rings (SSSR count). The van der Waals surface area contributed by atoms with E-state index in [9.17, 15) is 13.2 Å². The van der Waals surface area contributed by atoms with Crippen molar-refractivity contribution in [2.24, 2.45) is 0 Å². The molecule has 2 aliphatic rings. The molecule has 0 fully saturated rings. The summed E-state index contributed by atoms with van der Waals surface area (Å²) < 4.78 is 39.3. The monoisotopic (exact) mass is 416 g/mol. The van der Waals surface area contributed by atoms with Crippen molar-refractivity contribution < 1.29 is 22.7 Å². The maximum Gasteiger partial charge on any atom is 0.240 e. The van der Waals surface area contributed by atoms with Crippen LogP contribution in [0.1, 0.15) is 29.2 Å². The van der Waals surface area contributed by atoms with E-state index in [4.69, 9.17) is 9.47 Å². The molecule has 1 amide bonds. The van der Waals surface area contributed by atoms with Crippen LogP contribution in [-0.2, 0) is 32.4 Å². The number of anilines is 1. The molecule has 0 bridgehead atoms. The topological polar surface area (TPSA) is 84.9 Å². The van der Waals surface area contributed by atoms with Crippen LogP contribution in [0.15, 0.2) is 41.3 Å². The van der Waals surface area contributed by atoms with E-state index in [-0.39, 0.29) is 17.3 Å². The third-order valence-corrected chi connectivity index (χ3v) is 6.95. The van der Waals surface area contributed by atoms with Crippen LogP contribution in [0.5, 0.6) is 5.75 Å². The predicted molar refractivity (Wildman–Crippen MR) is 109 cm³/mol. The lowest BCUT2D eigenvalue weighted by Gasteiger charge is -2.26. The highest BCUT2D eigenvalue weighted by atomic mass is 32.2. The van der Waals surface area contributed by atoms with Crippen molar-refractivity contribution in [3.05, 3.63) is 53.1 Å². The Morgan fingerprint density at radius 3 is 2.59 bits per heavy atom. The van der Waals surface area contributed by atoms with Gasteiger partial charge in [-0.25, -0.2) is 13.1 Å². The number of carbonyl (C=O) groups excluding carboxylic acids is 1. The molecular formula is C21H24N2O5S. The average Bonchev–Trinajstić information content (AvgIpc) is 3.17. The van der Waals surface area contributed by atoms with Crippen molar-refractivity contribution in [2.45, 2.75) is 30.3 Å². The van der Waals surface area contributed by atoms with Crippen LogP contribution in [0.3, 0.4) is 0 Å². The highest BCUT2D eigenvalue weighted by Gasteiger charge is 2.33. The Labute approximate surface area is 170 Å². The lowest BCUT2D eigenvalue weighted by atomic mass is 10.00. The second-order valence-electron chi connectivity index (χ2n) is 7.24. The first kappa shape index (κ1) is 19.9. The van der Waals surface area contributed by atoms with E-state index in [0.717, 1.165) is 22.4 Å². The molecule has 0 radical (unpaired) electrons. The molecule has 2 aromatic carbocycles. The fourth-order valence-electron chi connectivity index (χ4n) is 4.03. The Morgan fingerprint density at radius 1 is 1.10 bits per heavy atom. The summed E-state index contributed by atoms with van der Waals surface area (Å²) in [5.41, 5.74) is 3.59. The smallest absolute Gasteiger partial charge is 0.240 e. The van der Waals surface area contributed by atoms with Gasteiger partial charge in [0.05, 0.1) is 23.8 Å². The summed E-state index contributed by atoms with van der Waals surface area (Å²) in [6.07, 6.45) is 1.24. The number of nitrogens with one attached hydrogen (secondary N) is 1. The number of hydrogen-bond donors (Lipinski definition) is 1. The summed E-state index contributed by atoms with van der Waals surface area (Å²) in [7, 11) is -0.588. The number of aryl methyl sites for hydroxylation is 1. The van der Waals surface area contributed by atoms with E-state index in [1.807, 2.05) is 24.3 Å². The molecule has 8 heteroatoms. The van der Waals surface area contributed by atoms with E-state index in [0.29, 0.717) is 31.6 Å². The molecule has 154 valence electrons. The Hall–Kier alpha value is -2.42. The van der Waals surface area contributed by atoms with E-state index < -0.39 is 16.1 Å². The lowest BCUT2D eigenvalue weighted by molar-refractivity contribution is -0.118. The number of carbonyl (C=O) groups is 1. The van der Waals surface area contributed by atoms with Gasteiger partial charge in [-0.15, -0.1) is 0 Å². The highest BCUT2D eigenvalue weighted by molar-refractivity contribution is 7.89. The third-order valence-electron chi connectivity index (χ3n) is 5.54. The first-order chi connectivity index (χ1) is 13.9. The summed E-state index contributed by atoms with van der Waals surface area (Å²) in [4.78, 5) is 14.1. The van der Waals surface area contributed by atoms with Crippen molar-refractivity contribution >= 4 is 21.6 Å². The van der Waals surface area contributed by atoms with Gasteiger partial charge >= 0.3 is 0 Å². The molecular weight excluding hydrogens is 392 g/mol. The van der Waals surface area contributed by atoms with Crippen LogP contribution in [0.4, 0.5) is 5.69 Å². The lowest BCUT2D eigenvalue weighted by Crippen LogP contribution is -2.33. The number of benzene rings is 2. The quantitative estimate of drug-likeness (QED) is 0.748. The van der Waals surface area contributed by atoms with E-state index in [1.165, 1.54) is 0 Å². The van der Waals surface area contributed by atoms with Gasteiger partial charge in [0.25, 0.3) is 0 Å². The molecule has 1 unspecified atom stereocenters. The largest absolute Gasteiger partial charge is 0.497 e. The molecule has 1 atom stereocenters. The second-order valence-corrected chi connectivity index (χ2v) is 9.01. The first-order valence-corrected chi connectivity index (χ1v) is 11.0. The Morgan fingerprint density at radius 2 is 1.86 bits per heavy atom. The summed E-state index contributed by atoms with van der Waals surface area (Å²) >= 11 is 0. The SMILES string of the molecule is COc1cccc(C(CNS(=O)(=O)c2cc3c4c(c2)CCN4C(=O)CC3)OC)c1. The molecule has 0 saturated carbocycles. The molecule has 0 aromatic heterocycles. The molecule has 29 heavy (non-hydrogen) atoms. The Balaban J connectivity index is 1.56. The van der Waals surface area contributed by atoms with E-state index in [2.05, 4.69) is 4.72 Å². The standard InChI is InChI=1S/C21H24N2O5S/c1-27-17-5-3-4-14(10-17)19(28-2)13-22-29(25,26)18-11-15-6-7-20(24)23-9-8-16(12-18)21(15)23/h3-5,10-12,19,22H,6-9,13H2,1-2H3. The van der Waals surface area contributed by atoms with Gasteiger partial charge in [-0.1, -0.05) is 12.1 Å². The number of sulfonamides is 1. The summed E-state index contributed by atoms with van der Waals surface area (Å²) in [5.74, 6) is 0.801. The maximum atomic E-state index is 13.0. The fraction of sp³-hybridized carbons (Fsp3) is 0.381. The van der Waals surface area contributed by atoms with Gasteiger partial charge in [0, 0.05) is 26.6 Å². The van der Waals surface area contributed by atoms with E-state index in [1.54, 1.807) is 31.3 Å². The van der Waals surface area contributed by atoms with Crippen LogP contribution in [0.2, 0.25) is 0 Å². The van der Waals surface area contributed by atoms with Crippen molar-refractivity contribution in [2.75, 3.05) is 32.2 Å². The summed E-state index contributed by atoms with van der Waals surface area (Å²) in [6, 6.07) is 10.7. The fourth-order valence-corrected chi connectivity index (χ4v) is 5.16. The van der Waals surface area contributed by atoms with E-state index >= 15 is 0 Å². The van der Waals surface area contributed by atoms with Crippen LogP contribution in [0.25, 0.3) is 0 Å². The van der Waals surface area contributed by atoms with Crippen molar-refractivity contribution in [3.63, 3.8) is 0 Å². The highest BCUT2D eigenvalue weighted by Crippen LogP contribution is 2.38. The number of hydrogen-bond acceptors (Lipinski definition) is 5. The van der Waals surface area contributed by atoms with Crippen LogP contribution in [-0.4, -0.2) is 41.6 Å². The van der Waals surface area contributed by atoms with Crippen LogP contribution < -0.4 is 14.4 Å². The number of methoxy groups -OCH3 is 2. The average molecular weight is 416 g/mol. The normalized spacial score (nSPS) is 16.6. The van der Waals surface area contributed by atoms with Crippen molar-refractivity contribution in [3.8, 4) is 5.75 Å². The molecule has 2 aliphatic heterocycles. The minimum absolute atomic E-state index is 0.100. The zero-order valence-electron chi connectivity index (χ0n) is 16.5. The summed E-state index contributed by atoms with van der Waals surface area (Å²) in [5, 5.41) is 0. The third kappa shape index (κ3) is 3.75. The number of nitrogens with zero attached hydrogens (tertiary/aromatic N) is 1. The minimum Gasteiger partial charge on any atom is -0.497 e.